The second kappa shape index (κ2) is 4.87. The average Bonchev–Trinajstić information content (AvgIpc) is 2.23. The first-order valence-electron chi connectivity index (χ1n) is 5.17. The van der Waals surface area contributed by atoms with Crippen molar-refractivity contribution in [2.75, 3.05) is 5.88 Å². The third-order valence-corrected chi connectivity index (χ3v) is 4.49. The first-order chi connectivity index (χ1) is 7.36. The highest BCUT2D eigenvalue weighted by Crippen LogP contribution is 2.33. The average molecular weight is 239 g/mol. The molecule has 0 bridgehead atoms. The highest BCUT2D eigenvalue weighted by atomic mass is 32.2. The molecule has 0 aliphatic carbocycles. The predicted octanol–water partition coefficient (Wildman–Crippen LogP) is 3.56. The maximum Gasteiger partial charge on any atom is 0.253 e. The van der Waals surface area contributed by atoms with E-state index in [1.165, 1.54) is 39.6 Å². The fourth-order valence-electron chi connectivity index (χ4n) is 1.80. The summed E-state index contributed by atoms with van der Waals surface area (Å²) in [4.78, 5) is 11.2. The molecule has 0 unspecified atom stereocenters. The van der Waals surface area contributed by atoms with Gasteiger partial charge in [0.15, 0.2) is 0 Å². The van der Waals surface area contributed by atoms with Gasteiger partial charge in [-0.25, -0.2) is 0 Å². The van der Waals surface area contributed by atoms with Gasteiger partial charge in [0.2, 0.25) is 0 Å². The summed E-state index contributed by atoms with van der Waals surface area (Å²) in [5.74, 6) is -0.0659. The van der Waals surface area contributed by atoms with E-state index in [9.17, 15) is 10.1 Å². The number of hydrogen-bond acceptors (Lipinski definition) is 3. The van der Waals surface area contributed by atoms with Crippen LogP contribution in [0.5, 0.6) is 0 Å². The lowest BCUT2D eigenvalue weighted by Gasteiger charge is -2.16. The van der Waals surface area contributed by atoms with Gasteiger partial charge in [0.25, 0.3) is 5.88 Å². The van der Waals surface area contributed by atoms with Gasteiger partial charge in [-0.05, 0) is 74.2 Å². The van der Waals surface area contributed by atoms with Crippen LogP contribution in [-0.2, 0) is 0 Å². The number of thioether (sulfide) groups is 1. The molecule has 0 saturated carbocycles. The van der Waals surface area contributed by atoms with E-state index in [0.717, 1.165) is 4.90 Å². The van der Waals surface area contributed by atoms with Crippen molar-refractivity contribution in [3.63, 3.8) is 0 Å². The van der Waals surface area contributed by atoms with E-state index in [-0.39, 0.29) is 10.8 Å². The van der Waals surface area contributed by atoms with Crippen LogP contribution in [0.15, 0.2) is 4.90 Å². The van der Waals surface area contributed by atoms with E-state index in [4.69, 9.17) is 0 Å². The smallest absolute Gasteiger partial charge is 0.253 e. The molecule has 3 nitrogen and oxygen atoms in total. The SMILES string of the molecule is Cc1c(C)c(C)c(SC[N+](=O)[O-])c(C)c1C. The Morgan fingerprint density at radius 3 is 1.69 bits per heavy atom. The Balaban J connectivity index is 3.23. The summed E-state index contributed by atoms with van der Waals surface area (Å²) >= 11 is 1.32. The van der Waals surface area contributed by atoms with Crippen LogP contribution in [0.2, 0.25) is 0 Å². The van der Waals surface area contributed by atoms with Gasteiger partial charge in [0.1, 0.15) is 0 Å². The molecule has 0 radical (unpaired) electrons. The summed E-state index contributed by atoms with van der Waals surface area (Å²) in [6.07, 6.45) is 0. The number of nitro groups is 1. The van der Waals surface area contributed by atoms with Crippen molar-refractivity contribution in [1.29, 1.82) is 0 Å². The zero-order valence-corrected chi connectivity index (χ0v) is 11.2. The van der Waals surface area contributed by atoms with Crippen LogP contribution in [-0.4, -0.2) is 10.8 Å². The molecule has 1 aromatic rings. The van der Waals surface area contributed by atoms with Gasteiger partial charge in [-0.3, -0.25) is 10.1 Å². The summed E-state index contributed by atoms with van der Waals surface area (Å²) in [6.45, 7) is 10.3. The van der Waals surface area contributed by atoms with Gasteiger partial charge in [0, 0.05) is 9.82 Å². The van der Waals surface area contributed by atoms with Crippen LogP contribution in [0.25, 0.3) is 0 Å². The predicted molar refractivity (Wildman–Crippen MR) is 67.8 cm³/mol. The summed E-state index contributed by atoms with van der Waals surface area (Å²) in [6, 6.07) is 0. The monoisotopic (exact) mass is 239 g/mol. The molecule has 0 amide bonds. The maximum absolute atomic E-state index is 10.4. The molecule has 0 aromatic heterocycles. The van der Waals surface area contributed by atoms with Crippen molar-refractivity contribution >= 4 is 11.8 Å². The molecule has 0 heterocycles. The Morgan fingerprint density at radius 2 is 1.31 bits per heavy atom. The van der Waals surface area contributed by atoms with E-state index in [1.54, 1.807) is 0 Å². The minimum Gasteiger partial charge on any atom is -0.264 e. The Hall–Kier alpha value is -1.03. The Morgan fingerprint density at radius 1 is 0.938 bits per heavy atom. The van der Waals surface area contributed by atoms with Gasteiger partial charge >= 0.3 is 0 Å². The minimum absolute atomic E-state index is 0.0659. The molecule has 4 heteroatoms. The second-order valence-electron chi connectivity index (χ2n) is 4.06. The fourth-order valence-corrected chi connectivity index (χ4v) is 2.77. The lowest BCUT2D eigenvalue weighted by Crippen LogP contribution is -2.01. The first kappa shape index (κ1) is 13.0. The van der Waals surface area contributed by atoms with Gasteiger partial charge in [-0.15, -0.1) is 0 Å². The highest BCUT2D eigenvalue weighted by molar-refractivity contribution is 7.99. The standard InChI is InChI=1S/C12H17NO2S/c1-7-8(2)10(4)12(11(5)9(7)3)16-6-13(14)15/h6H2,1-5H3. The van der Waals surface area contributed by atoms with Crippen LogP contribution in [0.4, 0.5) is 0 Å². The van der Waals surface area contributed by atoms with Crippen LogP contribution >= 0.6 is 11.8 Å². The lowest BCUT2D eigenvalue weighted by atomic mass is 9.95. The highest BCUT2D eigenvalue weighted by Gasteiger charge is 2.14. The van der Waals surface area contributed by atoms with Crippen molar-refractivity contribution in [3.8, 4) is 0 Å². The molecule has 0 atom stereocenters. The topological polar surface area (TPSA) is 43.1 Å². The van der Waals surface area contributed by atoms with E-state index >= 15 is 0 Å². The normalized spacial score (nSPS) is 10.6. The molecule has 88 valence electrons. The summed E-state index contributed by atoms with van der Waals surface area (Å²) in [5, 5.41) is 10.4. The molecule has 1 rings (SSSR count). The number of hydrogen-bond donors (Lipinski definition) is 0. The summed E-state index contributed by atoms with van der Waals surface area (Å²) in [7, 11) is 0. The van der Waals surface area contributed by atoms with Gasteiger partial charge in [-0.1, -0.05) is 0 Å². The number of nitrogens with zero attached hydrogens (tertiary/aromatic N) is 1. The number of benzene rings is 1. The fraction of sp³-hybridized carbons (Fsp3) is 0.500. The van der Waals surface area contributed by atoms with Crippen LogP contribution in [0, 0.1) is 44.7 Å². The molecule has 0 saturated heterocycles. The molecule has 1 aromatic carbocycles. The van der Waals surface area contributed by atoms with Crippen LogP contribution in [0.1, 0.15) is 27.8 Å². The van der Waals surface area contributed by atoms with Crippen molar-refractivity contribution in [1.82, 2.24) is 0 Å². The van der Waals surface area contributed by atoms with E-state index in [2.05, 4.69) is 20.8 Å². The van der Waals surface area contributed by atoms with E-state index in [0.29, 0.717) is 0 Å². The van der Waals surface area contributed by atoms with Crippen LogP contribution in [0.3, 0.4) is 0 Å². The molecule has 16 heavy (non-hydrogen) atoms. The Labute approximate surface area is 100 Å². The largest absolute Gasteiger partial charge is 0.264 e. The Bertz CT molecular complexity index is 412. The van der Waals surface area contributed by atoms with Gasteiger partial charge < -0.3 is 0 Å². The molecule has 0 aliphatic rings. The summed E-state index contributed by atoms with van der Waals surface area (Å²) in [5.41, 5.74) is 6.13. The van der Waals surface area contributed by atoms with Crippen molar-refractivity contribution < 1.29 is 4.92 Å². The minimum atomic E-state index is -0.284. The molecule has 0 aliphatic heterocycles. The zero-order valence-electron chi connectivity index (χ0n) is 10.4. The lowest BCUT2D eigenvalue weighted by molar-refractivity contribution is -0.456. The third kappa shape index (κ3) is 2.38. The molecular weight excluding hydrogens is 222 g/mol. The second-order valence-corrected chi connectivity index (χ2v) is 5.02. The number of rotatable bonds is 3. The van der Waals surface area contributed by atoms with Crippen LogP contribution < -0.4 is 0 Å². The van der Waals surface area contributed by atoms with Gasteiger partial charge in [0.05, 0.1) is 0 Å². The molecule has 0 N–H and O–H groups in total. The van der Waals surface area contributed by atoms with Crippen molar-refractivity contribution in [3.05, 3.63) is 37.9 Å². The maximum atomic E-state index is 10.4. The quantitative estimate of drug-likeness (QED) is 0.350. The molecule has 0 fully saturated rings. The Kier molecular flexibility index (Phi) is 3.97. The first-order valence-corrected chi connectivity index (χ1v) is 6.16. The summed E-state index contributed by atoms with van der Waals surface area (Å²) < 4.78 is 0. The van der Waals surface area contributed by atoms with Gasteiger partial charge in [-0.2, -0.15) is 0 Å². The van der Waals surface area contributed by atoms with Crippen molar-refractivity contribution in [2.45, 2.75) is 39.5 Å². The molecule has 0 spiro atoms. The molecular formula is C12H17NO2S. The zero-order chi connectivity index (χ0) is 12.5. The van der Waals surface area contributed by atoms with Crippen molar-refractivity contribution in [2.24, 2.45) is 0 Å². The van der Waals surface area contributed by atoms with E-state index < -0.39 is 0 Å². The van der Waals surface area contributed by atoms with E-state index in [1.807, 2.05) is 13.8 Å². The third-order valence-electron chi connectivity index (χ3n) is 3.25.